The van der Waals surface area contributed by atoms with Crippen LogP contribution in [-0.4, -0.2) is 61.9 Å². The molecule has 0 saturated heterocycles. The summed E-state index contributed by atoms with van der Waals surface area (Å²) in [5, 5.41) is 36.3. The Morgan fingerprint density at radius 2 is 1.48 bits per heavy atom. The van der Waals surface area contributed by atoms with Crippen molar-refractivity contribution in [2.45, 2.75) is 30.6 Å². The van der Waals surface area contributed by atoms with E-state index in [1.165, 1.54) is 6.07 Å². The van der Waals surface area contributed by atoms with E-state index >= 15 is 0 Å². The zero-order valence-electron chi connectivity index (χ0n) is 12.9. The number of rotatable bonds is 11. The first-order valence-electron chi connectivity index (χ1n) is 7.48. The van der Waals surface area contributed by atoms with E-state index in [-0.39, 0.29) is 44.2 Å². The standard InChI is InChI=1S/C15H24O7S/c16-7-1-2-12-3-4-15(23(20,21)22-11-10-19)14(6-9-18)13(12)5-8-17/h3-4,16-19H,1-2,5-11H2. The number of hydrogen-bond donors (Lipinski definition) is 4. The summed E-state index contributed by atoms with van der Waals surface area (Å²) in [4.78, 5) is -0.0591. The Labute approximate surface area is 136 Å². The first-order valence-corrected chi connectivity index (χ1v) is 8.89. The molecule has 0 atom stereocenters. The van der Waals surface area contributed by atoms with Gasteiger partial charge >= 0.3 is 0 Å². The minimum atomic E-state index is -4.06. The molecule has 0 aliphatic carbocycles. The molecule has 1 aromatic rings. The van der Waals surface area contributed by atoms with E-state index < -0.39 is 16.7 Å². The smallest absolute Gasteiger partial charge is 0.297 e. The average molecular weight is 348 g/mol. The summed E-state index contributed by atoms with van der Waals surface area (Å²) in [5.41, 5.74) is 1.90. The molecule has 8 heteroatoms. The molecule has 0 saturated carbocycles. The van der Waals surface area contributed by atoms with Gasteiger partial charge in [-0.3, -0.25) is 4.18 Å². The van der Waals surface area contributed by atoms with E-state index in [4.69, 9.17) is 14.4 Å². The van der Waals surface area contributed by atoms with Crippen LogP contribution < -0.4 is 0 Å². The lowest BCUT2D eigenvalue weighted by molar-refractivity contribution is 0.205. The van der Waals surface area contributed by atoms with E-state index in [1.807, 2.05) is 0 Å². The van der Waals surface area contributed by atoms with Gasteiger partial charge in [-0.15, -0.1) is 0 Å². The van der Waals surface area contributed by atoms with Gasteiger partial charge in [-0.2, -0.15) is 8.42 Å². The van der Waals surface area contributed by atoms with E-state index in [1.54, 1.807) is 6.07 Å². The van der Waals surface area contributed by atoms with Crippen LogP contribution in [0, 0.1) is 0 Å². The number of aryl methyl sites for hydroxylation is 1. The minimum Gasteiger partial charge on any atom is -0.396 e. The van der Waals surface area contributed by atoms with Crippen molar-refractivity contribution >= 4 is 10.1 Å². The third-order valence-electron chi connectivity index (χ3n) is 3.41. The van der Waals surface area contributed by atoms with Crippen LogP contribution in [-0.2, 0) is 33.6 Å². The van der Waals surface area contributed by atoms with Crippen molar-refractivity contribution < 1.29 is 33.0 Å². The summed E-state index contributed by atoms with van der Waals surface area (Å²) in [6, 6.07) is 3.04. The summed E-state index contributed by atoms with van der Waals surface area (Å²) in [7, 11) is -4.06. The van der Waals surface area contributed by atoms with Crippen LogP contribution in [0.15, 0.2) is 17.0 Å². The summed E-state index contributed by atoms with van der Waals surface area (Å²) in [5.74, 6) is 0. The Hall–Kier alpha value is -1.03. The van der Waals surface area contributed by atoms with Crippen molar-refractivity contribution in [3.05, 3.63) is 28.8 Å². The van der Waals surface area contributed by atoms with Crippen LogP contribution in [0.1, 0.15) is 23.1 Å². The number of hydrogen-bond acceptors (Lipinski definition) is 7. The highest BCUT2D eigenvalue weighted by atomic mass is 32.2. The van der Waals surface area contributed by atoms with Gasteiger partial charge in [0.15, 0.2) is 0 Å². The Morgan fingerprint density at radius 1 is 0.826 bits per heavy atom. The number of aliphatic hydroxyl groups excluding tert-OH is 4. The molecule has 0 unspecified atom stereocenters. The number of aliphatic hydroxyl groups is 4. The molecular formula is C15H24O7S. The first-order chi connectivity index (χ1) is 11.0. The van der Waals surface area contributed by atoms with E-state index in [0.29, 0.717) is 24.0 Å². The summed E-state index contributed by atoms with van der Waals surface area (Å²) in [6.07, 6.45) is 1.42. The first kappa shape index (κ1) is 20.0. The minimum absolute atomic E-state index is 0.00750. The third-order valence-corrected chi connectivity index (χ3v) is 4.81. The van der Waals surface area contributed by atoms with Crippen molar-refractivity contribution in [2.24, 2.45) is 0 Å². The monoisotopic (exact) mass is 348 g/mol. The largest absolute Gasteiger partial charge is 0.396 e. The van der Waals surface area contributed by atoms with Crippen LogP contribution >= 0.6 is 0 Å². The predicted molar refractivity (Wildman–Crippen MR) is 83.7 cm³/mol. The average Bonchev–Trinajstić information content (AvgIpc) is 2.53. The van der Waals surface area contributed by atoms with Crippen LogP contribution in [0.3, 0.4) is 0 Å². The molecule has 0 aliphatic heterocycles. The maximum absolute atomic E-state index is 12.3. The summed E-state index contributed by atoms with van der Waals surface area (Å²) >= 11 is 0. The maximum atomic E-state index is 12.3. The van der Waals surface area contributed by atoms with Gasteiger partial charge in [0.2, 0.25) is 0 Å². The van der Waals surface area contributed by atoms with Crippen molar-refractivity contribution in [3.63, 3.8) is 0 Å². The molecule has 0 radical (unpaired) electrons. The Bertz CT molecular complexity index is 584. The molecule has 0 amide bonds. The Balaban J connectivity index is 3.37. The maximum Gasteiger partial charge on any atom is 0.297 e. The second kappa shape index (κ2) is 9.96. The van der Waals surface area contributed by atoms with Gasteiger partial charge in [0.05, 0.1) is 18.1 Å². The van der Waals surface area contributed by atoms with Crippen molar-refractivity contribution in [2.75, 3.05) is 33.0 Å². The van der Waals surface area contributed by atoms with Crippen molar-refractivity contribution in [1.29, 1.82) is 0 Å². The molecule has 132 valence electrons. The topological polar surface area (TPSA) is 124 Å². The molecule has 7 nitrogen and oxygen atoms in total. The van der Waals surface area contributed by atoms with Gasteiger partial charge in [-0.25, -0.2) is 0 Å². The van der Waals surface area contributed by atoms with Crippen molar-refractivity contribution in [3.8, 4) is 0 Å². The highest BCUT2D eigenvalue weighted by molar-refractivity contribution is 7.86. The fourth-order valence-corrected chi connectivity index (χ4v) is 3.66. The van der Waals surface area contributed by atoms with E-state index in [0.717, 1.165) is 5.56 Å². The Kier molecular flexibility index (Phi) is 8.67. The lowest BCUT2D eigenvalue weighted by Crippen LogP contribution is -2.16. The van der Waals surface area contributed by atoms with Gasteiger partial charge in [0.25, 0.3) is 10.1 Å². The molecule has 0 spiro atoms. The molecule has 23 heavy (non-hydrogen) atoms. The normalized spacial score (nSPS) is 11.8. The van der Waals surface area contributed by atoms with Gasteiger partial charge in [-0.05, 0) is 48.4 Å². The highest BCUT2D eigenvalue weighted by Crippen LogP contribution is 2.27. The molecule has 0 fully saturated rings. The zero-order chi connectivity index (χ0) is 17.3. The van der Waals surface area contributed by atoms with Gasteiger partial charge in [-0.1, -0.05) is 6.07 Å². The second-order valence-corrected chi connectivity index (χ2v) is 6.54. The van der Waals surface area contributed by atoms with E-state index in [2.05, 4.69) is 0 Å². The molecule has 4 N–H and O–H groups in total. The number of benzene rings is 1. The molecule has 0 heterocycles. The van der Waals surface area contributed by atoms with Gasteiger partial charge < -0.3 is 20.4 Å². The lowest BCUT2D eigenvalue weighted by atomic mass is 9.94. The third kappa shape index (κ3) is 5.52. The lowest BCUT2D eigenvalue weighted by Gasteiger charge is -2.18. The molecule has 0 aromatic heterocycles. The van der Waals surface area contributed by atoms with Crippen LogP contribution in [0.2, 0.25) is 0 Å². The van der Waals surface area contributed by atoms with Gasteiger partial charge in [0, 0.05) is 19.8 Å². The predicted octanol–water partition coefficient (Wildman–Crippen LogP) is -0.621. The highest BCUT2D eigenvalue weighted by Gasteiger charge is 2.23. The quantitative estimate of drug-likeness (QED) is 0.393. The summed E-state index contributed by atoms with van der Waals surface area (Å²) < 4.78 is 29.2. The molecule has 1 rings (SSSR count). The van der Waals surface area contributed by atoms with Crippen LogP contribution in [0.4, 0.5) is 0 Å². The second-order valence-electron chi connectivity index (χ2n) is 4.95. The zero-order valence-corrected chi connectivity index (χ0v) is 13.8. The van der Waals surface area contributed by atoms with E-state index in [9.17, 15) is 18.6 Å². The van der Waals surface area contributed by atoms with Crippen LogP contribution in [0.25, 0.3) is 0 Å². The molecule has 0 bridgehead atoms. The molecule has 1 aromatic carbocycles. The van der Waals surface area contributed by atoms with Crippen LogP contribution in [0.5, 0.6) is 0 Å². The fraction of sp³-hybridized carbons (Fsp3) is 0.600. The van der Waals surface area contributed by atoms with Crippen molar-refractivity contribution in [1.82, 2.24) is 0 Å². The SMILES string of the molecule is O=S(=O)(OCCO)c1ccc(CCCO)c(CCO)c1CCO. The van der Waals surface area contributed by atoms with Gasteiger partial charge in [0.1, 0.15) is 0 Å². The fourth-order valence-electron chi connectivity index (χ4n) is 2.48. The molecule has 0 aliphatic rings. The Morgan fingerprint density at radius 3 is 2.04 bits per heavy atom. The summed E-state index contributed by atoms with van der Waals surface area (Å²) in [6.45, 7) is -1.17. The molecular weight excluding hydrogens is 324 g/mol.